The zero-order valence-corrected chi connectivity index (χ0v) is 23.4. The molecule has 0 radical (unpaired) electrons. The van der Waals surface area contributed by atoms with Gasteiger partial charge in [0.1, 0.15) is 0 Å². The van der Waals surface area contributed by atoms with Crippen LogP contribution in [0.2, 0.25) is 0 Å². The van der Waals surface area contributed by atoms with E-state index < -0.39 is 10.0 Å². The minimum absolute atomic E-state index is 0.0705. The first-order chi connectivity index (χ1) is 16.2. The molecule has 0 heterocycles. The Morgan fingerprint density at radius 3 is 1.53 bits per heavy atom. The molecule has 0 saturated carbocycles. The number of sulfonamides is 1. The summed E-state index contributed by atoms with van der Waals surface area (Å²) in [6.07, 6.45) is 1.09. The molecule has 0 aliphatic heterocycles. The van der Waals surface area contributed by atoms with E-state index in [2.05, 4.69) is 31.9 Å². The maximum Gasteiger partial charge on any atom is 0.243 e. The van der Waals surface area contributed by atoms with Gasteiger partial charge in [0.15, 0.2) is 11.5 Å². The van der Waals surface area contributed by atoms with Crippen molar-refractivity contribution in [1.82, 2.24) is 4.31 Å². The lowest BCUT2D eigenvalue weighted by Crippen LogP contribution is -2.40. The summed E-state index contributed by atoms with van der Waals surface area (Å²) >= 11 is 6.92. The summed E-state index contributed by atoms with van der Waals surface area (Å²) in [4.78, 5) is 0.0705. The predicted molar refractivity (Wildman–Crippen MR) is 141 cm³/mol. The van der Waals surface area contributed by atoms with Crippen molar-refractivity contribution in [3.63, 3.8) is 0 Å². The fraction of sp³-hybridized carbons (Fsp3) is 0.280. The van der Waals surface area contributed by atoms with Gasteiger partial charge >= 0.3 is 0 Å². The molecular weight excluding hydrogens is 586 g/mol. The second-order valence-corrected chi connectivity index (χ2v) is 11.5. The van der Waals surface area contributed by atoms with Crippen molar-refractivity contribution in [2.24, 2.45) is 0 Å². The van der Waals surface area contributed by atoms with Crippen LogP contribution in [0.1, 0.15) is 11.1 Å². The molecule has 0 aliphatic rings. The molecular formula is C25H27Br2NO5S. The highest BCUT2D eigenvalue weighted by Gasteiger charge is 2.30. The molecule has 0 amide bonds. The van der Waals surface area contributed by atoms with Gasteiger partial charge in [-0.25, -0.2) is 8.42 Å². The molecule has 0 bridgehead atoms. The van der Waals surface area contributed by atoms with Crippen LogP contribution in [0.15, 0.2) is 74.5 Å². The van der Waals surface area contributed by atoms with Gasteiger partial charge in [0.2, 0.25) is 15.8 Å². The Labute approximate surface area is 218 Å². The van der Waals surface area contributed by atoms with Crippen LogP contribution < -0.4 is 14.2 Å². The first kappa shape index (κ1) is 26.5. The van der Waals surface area contributed by atoms with Crippen LogP contribution in [0, 0.1) is 0 Å². The number of nitrogens with zero attached hydrogens (tertiary/aromatic N) is 1. The summed E-state index contributed by atoms with van der Waals surface area (Å²) in [5.41, 5.74) is 2.08. The number of rotatable bonds is 10. The molecule has 0 atom stereocenters. The normalized spacial score (nSPS) is 11.6. The number of halogens is 2. The summed E-state index contributed by atoms with van der Waals surface area (Å²) in [7, 11) is 2.12. The van der Waals surface area contributed by atoms with Crippen LogP contribution in [0.4, 0.5) is 0 Å². The number of methoxy groups -OCH3 is 3. The van der Waals surface area contributed by atoms with Crippen molar-refractivity contribution in [3.05, 3.63) is 80.7 Å². The van der Waals surface area contributed by atoms with Crippen LogP contribution in [0.3, 0.4) is 0 Å². The number of ether oxygens (including phenoxy) is 3. The van der Waals surface area contributed by atoms with Gasteiger partial charge in [-0.1, -0.05) is 56.1 Å². The van der Waals surface area contributed by atoms with Gasteiger partial charge in [-0.15, -0.1) is 0 Å². The molecule has 9 heteroatoms. The van der Waals surface area contributed by atoms with Crippen molar-refractivity contribution in [3.8, 4) is 17.2 Å². The molecule has 0 unspecified atom stereocenters. The maximum absolute atomic E-state index is 13.8. The molecule has 3 aromatic rings. The van der Waals surface area contributed by atoms with Gasteiger partial charge in [-0.05, 0) is 48.2 Å². The van der Waals surface area contributed by atoms with Crippen molar-refractivity contribution < 1.29 is 22.6 Å². The highest BCUT2D eigenvalue weighted by atomic mass is 79.9. The van der Waals surface area contributed by atoms with Crippen molar-refractivity contribution >= 4 is 41.9 Å². The van der Waals surface area contributed by atoms with E-state index in [1.807, 2.05) is 48.5 Å². The minimum atomic E-state index is -3.89. The minimum Gasteiger partial charge on any atom is -0.493 e. The summed E-state index contributed by atoms with van der Waals surface area (Å²) in [6.45, 7) is 0. The third-order valence-corrected chi connectivity index (χ3v) is 8.54. The van der Waals surface area contributed by atoms with E-state index >= 15 is 0 Å². The molecule has 3 aromatic carbocycles. The topological polar surface area (TPSA) is 65.1 Å². The van der Waals surface area contributed by atoms with E-state index in [0.29, 0.717) is 18.6 Å². The molecule has 182 valence electrons. The quantitative estimate of drug-likeness (QED) is 0.293. The monoisotopic (exact) mass is 611 g/mol. The predicted octanol–water partition coefficient (Wildman–Crippen LogP) is 5.71. The molecule has 34 heavy (non-hydrogen) atoms. The Balaban J connectivity index is 2.01. The average Bonchev–Trinajstić information content (AvgIpc) is 2.84. The Hall–Kier alpha value is -2.07. The van der Waals surface area contributed by atoms with Crippen LogP contribution in [-0.2, 0) is 22.9 Å². The highest BCUT2D eigenvalue weighted by molar-refractivity contribution is 9.10. The number of hydrogen-bond acceptors (Lipinski definition) is 5. The van der Waals surface area contributed by atoms with E-state index in [1.54, 1.807) is 7.05 Å². The van der Waals surface area contributed by atoms with Gasteiger partial charge in [0.25, 0.3) is 0 Å². The third kappa shape index (κ3) is 6.13. The summed E-state index contributed by atoms with van der Waals surface area (Å²) in [6, 6.07) is 18.4. The molecule has 6 nitrogen and oxygen atoms in total. The summed E-state index contributed by atoms with van der Waals surface area (Å²) < 4.78 is 47.0. The smallest absolute Gasteiger partial charge is 0.243 e. The molecule has 0 aromatic heterocycles. The van der Waals surface area contributed by atoms with E-state index in [4.69, 9.17) is 14.2 Å². The highest BCUT2D eigenvalue weighted by Crippen LogP contribution is 2.40. The van der Waals surface area contributed by atoms with Crippen molar-refractivity contribution in [2.45, 2.75) is 23.8 Å². The zero-order chi connectivity index (χ0) is 24.9. The van der Waals surface area contributed by atoms with E-state index in [0.717, 1.165) is 20.1 Å². The lowest BCUT2D eigenvalue weighted by molar-refractivity contribution is 0.322. The number of benzene rings is 3. The van der Waals surface area contributed by atoms with Crippen LogP contribution in [0.25, 0.3) is 0 Å². The molecule has 0 aliphatic carbocycles. The first-order valence-corrected chi connectivity index (χ1v) is 13.5. The molecule has 0 N–H and O–H groups in total. The van der Waals surface area contributed by atoms with E-state index in [1.165, 1.54) is 37.8 Å². The average molecular weight is 613 g/mol. The van der Waals surface area contributed by atoms with Gasteiger partial charge in [-0.2, -0.15) is 4.31 Å². The molecule has 0 fully saturated rings. The van der Waals surface area contributed by atoms with Crippen LogP contribution in [0.5, 0.6) is 17.2 Å². The second-order valence-electron chi connectivity index (χ2n) is 7.70. The van der Waals surface area contributed by atoms with Gasteiger partial charge in [-0.3, -0.25) is 0 Å². The summed E-state index contributed by atoms with van der Waals surface area (Å²) in [5, 5.41) is 0. The number of likely N-dealkylation sites (N-methyl/N-ethyl adjacent to an activating group) is 1. The van der Waals surface area contributed by atoms with E-state index in [9.17, 15) is 8.42 Å². The zero-order valence-electron chi connectivity index (χ0n) is 19.4. The Morgan fingerprint density at radius 1 is 0.765 bits per heavy atom. The van der Waals surface area contributed by atoms with Crippen LogP contribution >= 0.6 is 31.9 Å². The maximum atomic E-state index is 13.8. The fourth-order valence-corrected chi connectivity index (χ4v) is 5.60. The lowest BCUT2D eigenvalue weighted by atomic mass is 9.99. The first-order valence-electron chi connectivity index (χ1n) is 10.5. The van der Waals surface area contributed by atoms with Gasteiger partial charge < -0.3 is 14.2 Å². The Bertz CT molecular complexity index is 1140. The van der Waals surface area contributed by atoms with Gasteiger partial charge in [0.05, 0.1) is 26.2 Å². The standard InChI is InChI=1S/C25H27Br2NO5S/c1-28(34(29,30)22-15-23(31-2)25(33-4)24(16-22)32-3)21(13-17-5-9-19(26)10-6-17)14-18-7-11-20(27)12-8-18/h5-12,15-16,21H,13-14H2,1-4H3. The second kappa shape index (κ2) is 11.6. The number of hydrogen-bond donors (Lipinski definition) is 0. The van der Waals surface area contributed by atoms with Crippen molar-refractivity contribution in [1.29, 1.82) is 0 Å². The lowest BCUT2D eigenvalue weighted by Gasteiger charge is -2.28. The van der Waals surface area contributed by atoms with Crippen molar-refractivity contribution in [2.75, 3.05) is 28.4 Å². The van der Waals surface area contributed by atoms with Crippen LogP contribution in [-0.4, -0.2) is 47.1 Å². The van der Waals surface area contributed by atoms with Gasteiger partial charge in [0, 0.05) is 34.2 Å². The Kier molecular flexibility index (Phi) is 9.03. The van der Waals surface area contributed by atoms with E-state index in [-0.39, 0.29) is 22.4 Å². The molecule has 0 spiro atoms. The SMILES string of the molecule is COc1cc(S(=O)(=O)N(C)C(Cc2ccc(Br)cc2)Cc2ccc(Br)cc2)cc(OC)c1OC. The largest absolute Gasteiger partial charge is 0.493 e. The summed E-state index contributed by atoms with van der Waals surface area (Å²) in [5.74, 6) is 0.908. The molecule has 3 rings (SSSR count). The fourth-order valence-electron chi connectivity index (χ4n) is 3.68. The third-order valence-electron chi connectivity index (χ3n) is 5.60. The molecule has 0 saturated heterocycles. The Morgan fingerprint density at radius 2 is 1.18 bits per heavy atom.